The average Bonchev–Trinajstić information content (AvgIpc) is 2.14. The number of allylic oxidation sites excluding steroid dienone is 4. The fourth-order valence-electron chi connectivity index (χ4n) is 2.58. The zero-order valence-electron chi connectivity index (χ0n) is 10.1. The van der Waals surface area contributed by atoms with Crippen LogP contribution in [0.4, 0.5) is 0 Å². The molecule has 1 aliphatic rings. The quantitative estimate of drug-likeness (QED) is 0.647. The van der Waals surface area contributed by atoms with E-state index in [-0.39, 0.29) is 0 Å². The molecular formula is C12H22Zr. The third-order valence-electron chi connectivity index (χ3n) is 3.45. The van der Waals surface area contributed by atoms with Gasteiger partial charge in [-0.05, 0) is 0 Å². The van der Waals surface area contributed by atoms with Crippen LogP contribution < -0.4 is 0 Å². The van der Waals surface area contributed by atoms with Gasteiger partial charge in [0.1, 0.15) is 0 Å². The molecule has 0 aromatic carbocycles. The van der Waals surface area contributed by atoms with Gasteiger partial charge in [0.05, 0.1) is 0 Å². The standard InChI is InChI=1S/C9H13.3CH3.Zr/c1-6-5-7(2)9(4)8(6)3;;;;/h6H,1-4H3;3*1H3;. The summed E-state index contributed by atoms with van der Waals surface area (Å²) in [7, 11) is 0. The zero-order valence-corrected chi connectivity index (χ0v) is 12.5. The molecule has 0 saturated carbocycles. The van der Waals surface area contributed by atoms with Gasteiger partial charge in [-0.15, -0.1) is 0 Å². The van der Waals surface area contributed by atoms with E-state index in [0.29, 0.717) is 0 Å². The summed E-state index contributed by atoms with van der Waals surface area (Å²) in [5.41, 5.74) is 4.79. The van der Waals surface area contributed by atoms with Gasteiger partial charge in [-0.25, -0.2) is 0 Å². The van der Waals surface area contributed by atoms with Crippen molar-refractivity contribution in [2.24, 2.45) is 5.92 Å². The van der Waals surface area contributed by atoms with Crippen molar-refractivity contribution in [2.45, 2.75) is 41.6 Å². The van der Waals surface area contributed by atoms with Crippen molar-refractivity contribution in [3.8, 4) is 0 Å². The molecule has 0 N–H and O–H groups in total. The Morgan fingerprint density at radius 1 is 0.923 bits per heavy atom. The fourth-order valence-corrected chi connectivity index (χ4v) is 9.53. The predicted octanol–water partition coefficient (Wildman–Crippen LogP) is 4.54. The molecule has 0 aliphatic heterocycles. The van der Waals surface area contributed by atoms with E-state index < -0.39 is 20.3 Å². The van der Waals surface area contributed by atoms with Gasteiger partial charge in [0, 0.05) is 0 Å². The number of hydrogen-bond acceptors (Lipinski definition) is 0. The molecule has 0 aromatic heterocycles. The van der Waals surface area contributed by atoms with E-state index >= 15 is 0 Å². The van der Waals surface area contributed by atoms with Gasteiger partial charge in [0.25, 0.3) is 0 Å². The Morgan fingerprint density at radius 3 is 1.54 bits per heavy atom. The summed E-state index contributed by atoms with van der Waals surface area (Å²) in [6.45, 7) is 9.28. The van der Waals surface area contributed by atoms with E-state index in [1.165, 1.54) is 0 Å². The van der Waals surface area contributed by atoms with E-state index in [1.807, 2.05) is 3.28 Å². The van der Waals surface area contributed by atoms with Crippen LogP contribution in [-0.2, 0) is 20.3 Å². The van der Waals surface area contributed by atoms with Crippen LogP contribution in [0.15, 0.2) is 20.0 Å². The second-order valence-corrected chi connectivity index (χ2v) is 17.7. The third kappa shape index (κ3) is 1.91. The van der Waals surface area contributed by atoms with Crippen molar-refractivity contribution in [3.63, 3.8) is 0 Å². The summed E-state index contributed by atoms with van der Waals surface area (Å²) < 4.78 is 9.41. The van der Waals surface area contributed by atoms with Gasteiger partial charge < -0.3 is 0 Å². The molecule has 0 heterocycles. The van der Waals surface area contributed by atoms with Crippen LogP contribution in [0.3, 0.4) is 0 Å². The predicted molar refractivity (Wildman–Crippen MR) is 57.8 cm³/mol. The van der Waals surface area contributed by atoms with Crippen LogP contribution in [0, 0.1) is 5.92 Å². The first-order valence-corrected chi connectivity index (χ1v) is 13.8. The summed E-state index contributed by atoms with van der Waals surface area (Å²) in [6, 6.07) is 0. The van der Waals surface area contributed by atoms with Crippen LogP contribution >= 0.6 is 0 Å². The van der Waals surface area contributed by atoms with Gasteiger partial charge in [-0.1, -0.05) is 0 Å². The summed E-state index contributed by atoms with van der Waals surface area (Å²) in [5.74, 6) is 0.746. The molecule has 1 rings (SSSR count). The molecule has 1 heteroatoms. The molecule has 0 saturated heterocycles. The molecule has 0 bridgehead atoms. The summed E-state index contributed by atoms with van der Waals surface area (Å²) in [5, 5.41) is 0. The molecule has 1 aliphatic carbocycles. The van der Waals surface area contributed by atoms with Gasteiger partial charge in [-0.3, -0.25) is 0 Å². The molecule has 0 radical (unpaired) electrons. The summed E-state index contributed by atoms with van der Waals surface area (Å²) >= 11 is -1.82. The van der Waals surface area contributed by atoms with Gasteiger partial charge in [0.15, 0.2) is 0 Å². The van der Waals surface area contributed by atoms with E-state index in [1.54, 1.807) is 16.7 Å². The first kappa shape index (κ1) is 11.4. The molecule has 1 unspecified atom stereocenters. The van der Waals surface area contributed by atoms with Gasteiger partial charge >= 0.3 is 87.8 Å². The van der Waals surface area contributed by atoms with Crippen LogP contribution in [0.1, 0.15) is 27.7 Å². The Kier molecular flexibility index (Phi) is 3.08. The molecule has 0 amide bonds. The molecule has 0 nitrogen and oxygen atoms in total. The first-order valence-electron chi connectivity index (χ1n) is 5.15. The minimum absolute atomic E-state index is 0.746. The Labute approximate surface area is 87.5 Å². The monoisotopic (exact) mass is 256 g/mol. The van der Waals surface area contributed by atoms with Crippen molar-refractivity contribution in [1.82, 2.24) is 0 Å². The average molecular weight is 258 g/mol. The molecule has 0 aromatic rings. The second-order valence-electron chi connectivity index (χ2n) is 5.32. The van der Waals surface area contributed by atoms with Crippen LogP contribution in [-0.4, -0.2) is 0 Å². The van der Waals surface area contributed by atoms with E-state index in [9.17, 15) is 0 Å². The Bertz CT molecular complexity index is 287. The Morgan fingerprint density at radius 2 is 1.38 bits per heavy atom. The SMILES string of the molecule is CC1=C(C)C(C)[C]([Zr]([CH3])([CH3])[CH3])=C1C. The van der Waals surface area contributed by atoms with Crippen LogP contribution in [0.5, 0.6) is 0 Å². The van der Waals surface area contributed by atoms with Crippen LogP contribution in [0.2, 0.25) is 13.9 Å². The van der Waals surface area contributed by atoms with Crippen molar-refractivity contribution >= 4 is 0 Å². The summed E-state index contributed by atoms with van der Waals surface area (Å²) in [6.07, 6.45) is 0. The van der Waals surface area contributed by atoms with E-state index in [0.717, 1.165) is 5.92 Å². The third-order valence-corrected chi connectivity index (χ3v) is 9.41. The topological polar surface area (TPSA) is 0 Å². The van der Waals surface area contributed by atoms with Gasteiger partial charge in [-0.2, -0.15) is 0 Å². The van der Waals surface area contributed by atoms with Crippen molar-refractivity contribution in [2.75, 3.05) is 0 Å². The Balaban J connectivity index is 3.19. The Hall–Kier alpha value is 0.363. The summed E-state index contributed by atoms with van der Waals surface area (Å²) in [4.78, 5) is 0. The second kappa shape index (κ2) is 3.50. The van der Waals surface area contributed by atoms with E-state index in [2.05, 4.69) is 41.6 Å². The normalized spacial score (nSPS) is 24.7. The maximum atomic E-state index is 2.52. The minimum atomic E-state index is -1.82. The zero-order chi connectivity index (χ0) is 10.4. The van der Waals surface area contributed by atoms with Crippen molar-refractivity contribution in [3.05, 3.63) is 20.0 Å². The maximum absolute atomic E-state index is 2.52. The van der Waals surface area contributed by atoms with Crippen LogP contribution in [0.25, 0.3) is 0 Å². The van der Waals surface area contributed by atoms with E-state index in [4.69, 9.17) is 0 Å². The molecular weight excluding hydrogens is 235 g/mol. The van der Waals surface area contributed by atoms with Gasteiger partial charge in [0.2, 0.25) is 0 Å². The molecule has 0 spiro atoms. The fraction of sp³-hybridized carbons (Fsp3) is 0.667. The van der Waals surface area contributed by atoms with Crippen molar-refractivity contribution in [1.29, 1.82) is 0 Å². The molecule has 13 heavy (non-hydrogen) atoms. The number of hydrogen-bond donors (Lipinski definition) is 0. The van der Waals surface area contributed by atoms with Crippen molar-refractivity contribution < 1.29 is 20.3 Å². The molecule has 1 atom stereocenters. The first-order chi connectivity index (χ1) is 5.76. The molecule has 74 valence electrons. The number of rotatable bonds is 1. The molecule has 0 fully saturated rings.